The molecule has 0 bridgehead atoms. The monoisotopic (exact) mass is 488 g/mol. The first-order valence-corrected chi connectivity index (χ1v) is 13.8. The second kappa shape index (κ2) is 7.58. The number of hydrogen-bond donors (Lipinski definition) is 2. The minimum atomic E-state index is -0.415. The number of fused-ring (bicyclic) bond motifs is 5. The van der Waals surface area contributed by atoms with Crippen LogP contribution in [0.25, 0.3) is 22.5 Å². The van der Waals surface area contributed by atoms with Crippen LogP contribution >= 0.6 is 23.5 Å². The molecule has 4 aromatic carbocycles. The summed E-state index contributed by atoms with van der Waals surface area (Å²) in [5.41, 5.74) is 25.5. The van der Waals surface area contributed by atoms with Crippen molar-refractivity contribution in [1.82, 2.24) is 0 Å². The van der Waals surface area contributed by atoms with Crippen molar-refractivity contribution in [2.45, 2.75) is 9.49 Å². The molecule has 7 rings (SSSR count). The van der Waals surface area contributed by atoms with E-state index in [9.17, 15) is 0 Å². The summed E-state index contributed by atoms with van der Waals surface area (Å²) < 4.78 is -0.829. The summed E-state index contributed by atoms with van der Waals surface area (Å²) in [6.07, 6.45) is 0. The molecule has 4 aromatic rings. The summed E-state index contributed by atoms with van der Waals surface area (Å²) >= 11 is 3.99. The van der Waals surface area contributed by atoms with Crippen LogP contribution < -0.4 is 11.5 Å². The molecule has 35 heavy (non-hydrogen) atoms. The molecule has 0 saturated carbocycles. The third-order valence-electron chi connectivity index (χ3n) is 7.61. The van der Waals surface area contributed by atoms with Crippen LogP contribution in [0.1, 0.15) is 33.4 Å². The van der Waals surface area contributed by atoms with Gasteiger partial charge in [-0.05, 0) is 22.3 Å². The Morgan fingerprint density at radius 1 is 0.486 bits per heavy atom. The first kappa shape index (κ1) is 21.0. The topological polar surface area (TPSA) is 52.0 Å². The molecule has 1 fully saturated rings. The smallest absolute Gasteiger partial charge is 0.0927 e. The Kier molecular flexibility index (Phi) is 4.54. The van der Waals surface area contributed by atoms with Gasteiger partial charge in [0.2, 0.25) is 0 Å². The van der Waals surface area contributed by atoms with Crippen molar-refractivity contribution >= 4 is 46.1 Å². The van der Waals surface area contributed by atoms with Gasteiger partial charge < -0.3 is 11.5 Å². The SMILES string of the molecule is NC1=C(c2ccccc2)C2(SCSC23C(c2ccccc2)=C(N)c2ccccc23)c2ccccc21. The van der Waals surface area contributed by atoms with Crippen molar-refractivity contribution in [3.8, 4) is 0 Å². The fourth-order valence-corrected chi connectivity index (χ4v) is 10.6. The Morgan fingerprint density at radius 2 is 0.857 bits per heavy atom. The predicted molar refractivity (Wildman–Crippen MR) is 151 cm³/mol. The first-order chi connectivity index (χ1) is 17.2. The van der Waals surface area contributed by atoms with Crippen molar-refractivity contribution in [3.63, 3.8) is 0 Å². The largest absolute Gasteiger partial charge is 0.398 e. The van der Waals surface area contributed by atoms with Gasteiger partial charge in [0.1, 0.15) is 0 Å². The van der Waals surface area contributed by atoms with Crippen LogP contribution in [0.2, 0.25) is 0 Å². The van der Waals surface area contributed by atoms with E-state index in [1.54, 1.807) is 0 Å². The summed E-state index contributed by atoms with van der Waals surface area (Å²) in [6, 6.07) is 38.8. The van der Waals surface area contributed by atoms with Crippen molar-refractivity contribution in [3.05, 3.63) is 143 Å². The Balaban J connectivity index is 1.65. The summed E-state index contributed by atoms with van der Waals surface area (Å²) in [7, 11) is 0. The molecule has 1 saturated heterocycles. The normalized spacial score (nSPS) is 24.5. The number of rotatable bonds is 2. The second-order valence-electron chi connectivity index (χ2n) is 9.17. The molecular formula is C31H24N2S2. The molecule has 2 unspecified atom stereocenters. The third kappa shape index (κ3) is 2.54. The average molecular weight is 489 g/mol. The van der Waals surface area contributed by atoms with Crippen LogP contribution in [0.5, 0.6) is 0 Å². The third-order valence-corrected chi connectivity index (χ3v) is 11.0. The molecule has 3 aliphatic rings. The van der Waals surface area contributed by atoms with Gasteiger partial charge in [-0.3, -0.25) is 0 Å². The van der Waals surface area contributed by atoms with Crippen LogP contribution in [-0.2, 0) is 9.49 Å². The van der Waals surface area contributed by atoms with Crippen LogP contribution in [0.15, 0.2) is 109 Å². The summed E-state index contributed by atoms with van der Waals surface area (Å²) in [6.45, 7) is 0. The molecule has 4 heteroatoms. The lowest BCUT2D eigenvalue weighted by Gasteiger charge is -2.45. The molecule has 1 heterocycles. The van der Waals surface area contributed by atoms with Gasteiger partial charge in [0, 0.05) is 38.8 Å². The molecule has 1 aliphatic heterocycles. The molecule has 0 radical (unpaired) electrons. The zero-order valence-electron chi connectivity index (χ0n) is 19.1. The van der Waals surface area contributed by atoms with E-state index < -0.39 is 9.49 Å². The second-order valence-corrected chi connectivity index (χ2v) is 11.9. The van der Waals surface area contributed by atoms with E-state index in [1.165, 1.54) is 33.4 Å². The highest BCUT2D eigenvalue weighted by molar-refractivity contribution is 8.20. The minimum absolute atomic E-state index is 0.415. The molecule has 2 aliphatic carbocycles. The van der Waals surface area contributed by atoms with E-state index in [-0.39, 0.29) is 0 Å². The standard InChI is InChI=1S/C31H24N2S2/c32-28-22-15-7-9-17-24(22)30(26(28)20-11-3-1-4-12-20)31(35-19-34-30)25-18-10-8-16-23(25)29(33)27(31)21-13-5-2-6-14-21/h1-18H,19,32-33H2. The highest BCUT2D eigenvalue weighted by Crippen LogP contribution is 2.78. The lowest BCUT2D eigenvalue weighted by Crippen LogP contribution is -2.41. The van der Waals surface area contributed by atoms with Gasteiger partial charge in [-0.2, -0.15) is 0 Å². The summed E-state index contributed by atoms with van der Waals surface area (Å²) in [4.78, 5) is 0. The zero-order chi connectivity index (χ0) is 23.6. The van der Waals surface area contributed by atoms with Crippen LogP contribution in [-0.4, -0.2) is 5.08 Å². The Bertz CT molecular complexity index is 1420. The minimum Gasteiger partial charge on any atom is -0.398 e. The number of nitrogens with two attached hydrogens (primary N) is 2. The van der Waals surface area contributed by atoms with E-state index in [2.05, 4.69) is 109 Å². The van der Waals surface area contributed by atoms with E-state index in [0.29, 0.717) is 0 Å². The van der Waals surface area contributed by atoms with E-state index >= 15 is 0 Å². The fourth-order valence-electron chi connectivity index (χ4n) is 6.34. The molecule has 170 valence electrons. The van der Waals surface area contributed by atoms with Gasteiger partial charge in [-0.15, -0.1) is 23.5 Å². The van der Waals surface area contributed by atoms with Gasteiger partial charge >= 0.3 is 0 Å². The van der Waals surface area contributed by atoms with Gasteiger partial charge in [0.25, 0.3) is 0 Å². The number of benzene rings is 4. The maximum atomic E-state index is 7.08. The molecule has 4 N–H and O–H groups in total. The molecule has 0 aromatic heterocycles. The van der Waals surface area contributed by atoms with Crippen molar-refractivity contribution in [2.75, 3.05) is 5.08 Å². The molecule has 2 nitrogen and oxygen atoms in total. The van der Waals surface area contributed by atoms with Gasteiger partial charge in [-0.25, -0.2) is 0 Å². The van der Waals surface area contributed by atoms with E-state index in [1.807, 2.05) is 23.5 Å². The lowest BCUT2D eigenvalue weighted by atomic mass is 9.72. The Hall–Kier alpha value is -3.34. The maximum absolute atomic E-state index is 7.08. The Labute approximate surface area is 214 Å². The van der Waals surface area contributed by atoms with Crippen LogP contribution in [0, 0.1) is 0 Å². The highest BCUT2D eigenvalue weighted by Gasteiger charge is 2.68. The van der Waals surface area contributed by atoms with Gasteiger partial charge in [-0.1, -0.05) is 109 Å². The zero-order valence-corrected chi connectivity index (χ0v) is 20.7. The maximum Gasteiger partial charge on any atom is 0.0927 e. The van der Waals surface area contributed by atoms with Gasteiger partial charge in [0.15, 0.2) is 0 Å². The average Bonchev–Trinajstić information content (AvgIpc) is 3.51. The lowest BCUT2D eigenvalue weighted by molar-refractivity contribution is 0.679. The summed E-state index contributed by atoms with van der Waals surface area (Å²) in [5.74, 6) is 0. The fraction of sp³-hybridized carbons (Fsp3) is 0.0968. The van der Waals surface area contributed by atoms with Gasteiger partial charge in [0.05, 0.1) is 9.49 Å². The molecular weight excluding hydrogens is 464 g/mol. The Morgan fingerprint density at radius 3 is 1.29 bits per heavy atom. The van der Waals surface area contributed by atoms with Crippen LogP contribution in [0.3, 0.4) is 0 Å². The quantitative estimate of drug-likeness (QED) is 0.322. The van der Waals surface area contributed by atoms with Crippen molar-refractivity contribution in [2.24, 2.45) is 11.5 Å². The number of thioether (sulfide) groups is 2. The molecule has 2 atom stereocenters. The molecule has 2 spiro atoms. The van der Waals surface area contributed by atoms with E-state index in [4.69, 9.17) is 11.5 Å². The van der Waals surface area contributed by atoms with Crippen molar-refractivity contribution < 1.29 is 0 Å². The van der Waals surface area contributed by atoms with E-state index in [0.717, 1.165) is 27.6 Å². The number of hydrogen-bond acceptors (Lipinski definition) is 4. The van der Waals surface area contributed by atoms with Crippen molar-refractivity contribution in [1.29, 1.82) is 0 Å². The summed E-state index contributed by atoms with van der Waals surface area (Å²) in [5, 5.41) is 0.940. The van der Waals surface area contributed by atoms with Crippen LogP contribution in [0.4, 0.5) is 0 Å². The first-order valence-electron chi connectivity index (χ1n) is 11.8. The highest BCUT2D eigenvalue weighted by atomic mass is 32.2. The molecule has 0 amide bonds. The predicted octanol–water partition coefficient (Wildman–Crippen LogP) is 6.90.